The predicted molar refractivity (Wildman–Crippen MR) is 84.8 cm³/mol. The first kappa shape index (κ1) is 15.8. The van der Waals surface area contributed by atoms with Gasteiger partial charge < -0.3 is 19.9 Å². The molecule has 0 radical (unpaired) electrons. The number of ether oxygens (including phenoxy) is 2. The molecular formula is C17H23NO3. The highest BCUT2D eigenvalue weighted by molar-refractivity contribution is 5.88. The van der Waals surface area contributed by atoms with Gasteiger partial charge in [-0.1, -0.05) is 36.4 Å². The van der Waals surface area contributed by atoms with Crippen molar-refractivity contribution in [3.63, 3.8) is 0 Å². The average Bonchev–Trinajstić information content (AvgIpc) is 2.52. The van der Waals surface area contributed by atoms with Crippen molar-refractivity contribution in [2.45, 2.75) is 12.5 Å². The van der Waals surface area contributed by atoms with Gasteiger partial charge in [-0.25, -0.2) is 0 Å². The van der Waals surface area contributed by atoms with E-state index >= 15 is 0 Å². The van der Waals surface area contributed by atoms with Crippen LogP contribution >= 0.6 is 0 Å². The smallest absolute Gasteiger partial charge is 0.127 e. The Morgan fingerprint density at radius 1 is 1.14 bits per heavy atom. The molecule has 0 fully saturated rings. The average molecular weight is 289 g/mol. The van der Waals surface area contributed by atoms with E-state index in [-0.39, 0.29) is 6.61 Å². The second-order valence-electron chi connectivity index (χ2n) is 4.99. The molecule has 0 aliphatic rings. The van der Waals surface area contributed by atoms with E-state index in [4.69, 9.17) is 9.47 Å². The van der Waals surface area contributed by atoms with Crippen molar-refractivity contribution in [2.75, 3.05) is 33.4 Å². The predicted octanol–water partition coefficient (Wildman–Crippen LogP) is 2.21. The summed E-state index contributed by atoms with van der Waals surface area (Å²) in [7, 11) is 1.69. The highest BCUT2D eigenvalue weighted by Crippen LogP contribution is 2.25. The second kappa shape index (κ2) is 8.62. The summed E-state index contributed by atoms with van der Waals surface area (Å²) in [6, 6.07) is 14.0. The molecule has 0 unspecified atom stereocenters. The van der Waals surface area contributed by atoms with Crippen LogP contribution in [0.2, 0.25) is 0 Å². The maximum atomic E-state index is 9.92. The van der Waals surface area contributed by atoms with E-state index in [0.29, 0.717) is 6.54 Å². The SMILES string of the molecule is COCCCNC[C@H](O)COc1cccc2ccccc12. The van der Waals surface area contributed by atoms with E-state index in [1.807, 2.05) is 30.3 Å². The molecule has 0 saturated carbocycles. The van der Waals surface area contributed by atoms with Crippen LogP contribution in [-0.4, -0.2) is 44.6 Å². The van der Waals surface area contributed by atoms with Crippen molar-refractivity contribution >= 4 is 10.8 Å². The zero-order chi connectivity index (χ0) is 14.9. The van der Waals surface area contributed by atoms with Gasteiger partial charge in [0, 0.05) is 25.6 Å². The van der Waals surface area contributed by atoms with Crippen LogP contribution in [0, 0.1) is 0 Å². The summed E-state index contributed by atoms with van der Waals surface area (Å²) >= 11 is 0. The van der Waals surface area contributed by atoms with E-state index in [1.54, 1.807) is 7.11 Å². The number of hydrogen-bond donors (Lipinski definition) is 2. The molecule has 2 N–H and O–H groups in total. The van der Waals surface area contributed by atoms with Crippen molar-refractivity contribution in [1.29, 1.82) is 0 Å². The third-order valence-corrected chi connectivity index (χ3v) is 3.26. The van der Waals surface area contributed by atoms with Crippen molar-refractivity contribution in [2.24, 2.45) is 0 Å². The number of rotatable bonds is 9. The molecule has 114 valence electrons. The van der Waals surface area contributed by atoms with Crippen LogP contribution in [0.15, 0.2) is 42.5 Å². The molecule has 4 heteroatoms. The van der Waals surface area contributed by atoms with Gasteiger partial charge >= 0.3 is 0 Å². The van der Waals surface area contributed by atoms with Crippen LogP contribution in [0.1, 0.15) is 6.42 Å². The summed E-state index contributed by atoms with van der Waals surface area (Å²) in [6.07, 6.45) is 0.416. The van der Waals surface area contributed by atoms with Crippen LogP contribution in [0.5, 0.6) is 5.75 Å². The summed E-state index contributed by atoms with van der Waals surface area (Å²) in [5.41, 5.74) is 0. The van der Waals surface area contributed by atoms with Gasteiger partial charge in [-0.3, -0.25) is 0 Å². The fourth-order valence-corrected chi connectivity index (χ4v) is 2.18. The molecule has 0 heterocycles. The molecular weight excluding hydrogens is 266 g/mol. The van der Waals surface area contributed by atoms with Crippen LogP contribution in [0.4, 0.5) is 0 Å². The fraction of sp³-hybridized carbons (Fsp3) is 0.412. The molecule has 2 rings (SSSR count). The molecule has 0 spiro atoms. The molecule has 1 atom stereocenters. The Kier molecular flexibility index (Phi) is 6.47. The highest BCUT2D eigenvalue weighted by Gasteiger charge is 2.06. The molecule has 0 saturated heterocycles. The molecule has 2 aromatic carbocycles. The van der Waals surface area contributed by atoms with Crippen LogP contribution < -0.4 is 10.1 Å². The van der Waals surface area contributed by atoms with Gasteiger partial charge in [0.1, 0.15) is 18.5 Å². The quantitative estimate of drug-likeness (QED) is 0.695. The summed E-state index contributed by atoms with van der Waals surface area (Å²) < 4.78 is 10.7. The zero-order valence-electron chi connectivity index (χ0n) is 12.4. The van der Waals surface area contributed by atoms with Gasteiger partial charge in [0.15, 0.2) is 0 Å². The number of fused-ring (bicyclic) bond motifs is 1. The molecule has 0 aliphatic carbocycles. The summed E-state index contributed by atoms with van der Waals surface area (Å²) in [6.45, 7) is 2.37. The van der Waals surface area contributed by atoms with E-state index < -0.39 is 6.10 Å². The topological polar surface area (TPSA) is 50.7 Å². The maximum Gasteiger partial charge on any atom is 0.127 e. The Morgan fingerprint density at radius 3 is 2.81 bits per heavy atom. The standard InChI is InChI=1S/C17H23NO3/c1-20-11-5-10-18-12-15(19)13-21-17-9-4-7-14-6-2-3-8-16(14)17/h2-4,6-9,15,18-19H,5,10-13H2,1H3/t15-/m0/s1. The third kappa shape index (κ3) is 5.01. The lowest BCUT2D eigenvalue weighted by Crippen LogP contribution is -2.32. The second-order valence-corrected chi connectivity index (χ2v) is 4.99. The Bertz CT molecular complexity index is 539. The van der Waals surface area contributed by atoms with Crippen LogP contribution in [0.3, 0.4) is 0 Å². The minimum Gasteiger partial charge on any atom is -0.490 e. The molecule has 21 heavy (non-hydrogen) atoms. The minimum atomic E-state index is -0.522. The van der Waals surface area contributed by atoms with Gasteiger partial charge in [0.05, 0.1) is 0 Å². The van der Waals surface area contributed by atoms with E-state index in [1.165, 1.54) is 0 Å². The lowest BCUT2D eigenvalue weighted by atomic mass is 10.1. The summed E-state index contributed by atoms with van der Waals surface area (Å²) in [5.74, 6) is 0.812. The summed E-state index contributed by atoms with van der Waals surface area (Å²) in [5, 5.41) is 15.3. The zero-order valence-corrected chi connectivity index (χ0v) is 12.4. The van der Waals surface area contributed by atoms with Gasteiger partial charge in [-0.05, 0) is 24.4 Å². The Morgan fingerprint density at radius 2 is 1.95 bits per heavy atom. The number of aliphatic hydroxyl groups excluding tert-OH is 1. The molecule has 0 aliphatic heterocycles. The molecule has 0 aromatic heterocycles. The Labute approximate surface area is 125 Å². The number of aliphatic hydroxyl groups is 1. The van der Waals surface area contributed by atoms with Crippen molar-refractivity contribution in [1.82, 2.24) is 5.32 Å². The van der Waals surface area contributed by atoms with E-state index in [2.05, 4.69) is 17.4 Å². The molecule has 0 amide bonds. The van der Waals surface area contributed by atoms with Crippen LogP contribution in [-0.2, 0) is 4.74 Å². The normalized spacial score (nSPS) is 12.5. The van der Waals surface area contributed by atoms with Gasteiger partial charge in [-0.2, -0.15) is 0 Å². The Hall–Kier alpha value is -1.62. The number of methoxy groups -OCH3 is 1. The van der Waals surface area contributed by atoms with Crippen LogP contribution in [0.25, 0.3) is 10.8 Å². The van der Waals surface area contributed by atoms with E-state index in [0.717, 1.165) is 36.1 Å². The first-order valence-corrected chi connectivity index (χ1v) is 7.29. The summed E-state index contributed by atoms with van der Waals surface area (Å²) in [4.78, 5) is 0. The van der Waals surface area contributed by atoms with Gasteiger partial charge in [-0.15, -0.1) is 0 Å². The lowest BCUT2D eigenvalue weighted by Gasteiger charge is -2.14. The highest BCUT2D eigenvalue weighted by atomic mass is 16.5. The Balaban J connectivity index is 1.79. The van der Waals surface area contributed by atoms with Crippen molar-refractivity contribution in [3.05, 3.63) is 42.5 Å². The van der Waals surface area contributed by atoms with Gasteiger partial charge in [0.2, 0.25) is 0 Å². The van der Waals surface area contributed by atoms with E-state index in [9.17, 15) is 5.11 Å². The third-order valence-electron chi connectivity index (χ3n) is 3.26. The molecule has 2 aromatic rings. The number of hydrogen-bond acceptors (Lipinski definition) is 4. The number of benzene rings is 2. The monoisotopic (exact) mass is 289 g/mol. The first-order chi connectivity index (χ1) is 10.3. The largest absolute Gasteiger partial charge is 0.490 e. The molecule has 4 nitrogen and oxygen atoms in total. The number of nitrogens with one attached hydrogen (secondary N) is 1. The van der Waals surface area contributed by atoms with Gasteiger partial charge in [0.25, 0.3) is 0 Å². The lowest BCUT2D eigenvalue weighted by molar-refractivity contribution is 0.106. The fourth-order valence-electron chi connectivity index (χ4n) is 2.18. The van der Waals surface area contributed by atoms with Crippen molar-refractivity contribution in [3.8, 4) is 5.75 Å². The minimum absolute atomic E-state index is 0.283. The first-order valence-electron chi connectivity index (χ1n) is 7.29. The maximum absolute atomic E-state index is 9.92. The molecule has 0 bridgehead atoms. The van der Waals surface area contributed by atoms with Crippen molar-refractivity contribution < 1.29 is 14.6 Å².